The molecule has 10 heteroatoms. The zero-order valence-corrected chi connectivity index (χ0v) is 27.1. The lowest BCUT2D eigenvalue weighted by Crippen LogP contribution is -2.13. The van der Waals surface area contributed by atoms with Crippen LogP contribution in [0.4, 0.5) is 4.79 Å². The third-order valence-electron chi connectivity index (χ3n) is 8.55. The lowest BCUT2D eigenvalue weighted by atomic mass is 10.1. The molecule has 4 heterocycles. The van der Waals surface area contributed by atoms with Crippen molar-refractivity contribution in [2.24, 2.45) is 0 Å². The van der Waals surface area contributed by atoms with Gasteiger partial charge < -0.3 is 4.74 Å². The molecule has 0 spiro atoms. The number of ketones is 4. The van der Waals surface area contributed by atoms with Gasteiger partial charge in [-0.1, -0.05) is 78.9 Å². The van der Waals surface area contributed by atoms with Gasteiger partial charge in [-0.25, -0.2) is 9.36 Å². The van der Waals surface area contributed by atoms with Crippen molar-refractivity contribution < 1.29 is 28.7 Å². The average Bonchev–Trinajstić information content (AvgIpc) is 3.92. The van der Waals surface area contributed by atoms with Crippen molar-refractivity contribution in [2.45, 2.75) is 6.61 Å². The third kappa shape index (κ3) is 4.27. The van der Waals surface area contributed by atoms with Crippen LogP contribution in [-0.2, 0) is 20.9 Å². The Morgan fingerprint density at radius 1 is 0.604 bits per heavy atom. The maximum atomic E-state index is 13.9. The smallest absolute Gasteiger partial charge is 0.419 e. The SMILES string of the molecule is O=C1C(=O)c2ccccc2/C1=C/c1cc2c(s1)c1sc3cc(/C=C4\C(=O)C(=O)c5ccccc54)sc3c1n2C(=O)OCc1ccccc1. The average molecular weight is 682 g/mol. The van der Waals surface area contributed by atoms with Crippen molar-refractivity contribution >= 4 is 116 Å². The molecule has 0 atom stereocenters. The second kappa shape index (κ2) is 10.7. The van der Waals surface area contributed by atoms with Gasteiger partial charge in [-0.3, -0.25) is 19.2 Å². The van der Waals surface area contributed by atoms with E-state index in [-0.39, 0.29) is 6.61 Å². The summed E-state index contributed by atoms with van der Waals surface area (Å²) in [6.45, 7) is 0.0832. The zero-order valence-electron chi connectivity index (χ0n) is 24.6. The Bertz CT molecular complexity index is 2660. The maximum absolute atomic E-state index is 13.9. The lowest BCUT2D eigenvalue weighted by Gasteiger charge is -2.07. The summed E-state index contributed by atoms with van der Waals surface area (Å²) in [5.74, 6) is -2.11. The van der Waals surface area contributed by atoms with Crippen molar-refractivity contribution in [1.29, 1.82) is 0 Å². The molecule has 0 saturated carbocycles. The number of fused-ring (bicyclic) bond motifs is 7. The Morgan fingerprint density at radius 3 is 1.77 bits per heavy atom. The normalized spacial score (nSPS) is 15.9. The number of hydrogen-bond acceptors (Lipinski definition) is 9. The zero-order chi connectivity index (χ0) is 32.7. The molecule has 0 amide bonds. The van der Waals surface area contributed by atoms with Crippen LogP contribution in [0.3, 0.4) is 0 Å². The van der Waals surface area contributed by atoms with E-state index in [1.54, 1.807) is 65.3 Å². The summed E-state index contributed by atoms with van der Waals surface area (Å²) in [6, 6.07) is 27.2. The quantitative estimate of drug-likeness (QED) is 0.136. The minimum atomic E-state index is -0.549. The van der Waals surface area contributed by atoms with Crippen LogP contribution in [0, 0.1) is 0 Å². The molecule has 0 radical (unpaired) electrons. The highest BCUT2D eigenvalue weighted by atomic mass is 32.1. The molecular formula is C38H19NO6S3. The molecular weight excluding hydrogens is 663 g/mol. The van der Waals surface area contributed by atoms with Gasteiger partial charge in [0.25, 0.3) is 0 Å². The Balaban J connectivity index is 1.19. The number of benzene rings is 3. The van der Waals surface area contributed by atoms with Crippen molar-refractivity contribution in [3.05, 3.63) is 129 Å². The van der Waals surface area contributed by atoms with Gasteiger partial charge in [0.15, 0.2) is 0 Å². The number of thiophene rings is 3. The Labute approximate surface area is 283 Å². The Kier molecular flexibility index (Phi) is 6.41. The number of carbonyl (C=O) groups is 5. The Morgan fingerprint density at radius 2 is 1.15 bits per heavy atom. The molecule has 2 aliphatic rings. The summed E-state index contributed by atoms with van der Waals surface area (Å²) >= 11 is 4.40. The summed E-state index contributed by atoms with van der Waals surface area (Å²) in [7, 11) is 0. The monoisotopic (exact) mass is 681 g/mol. The van der Waals surface area contributed by atoms with Gasteiger partial charge >= 0.3 is 6.09 Å². The molecule has 2 aliphatic carbocycles. The summed E-state index contributed by atoms with van der Waals surface area (Å²) in [6.07, 6.45) is 2.92. The summed E-state index contributed by atoms with van der Waals surface area (Å²) in [5, 5.41) is 0. The standard InChI is InChI=1S/C38H19NO6S3/c40-31-24-12-6-4-10-22(24)26(33(31)42)14-20-16-28-35(46-20)37-30(39(28)38(44)45-18-19-8-2-1-3-9-19)36-29(48-37)17-21(47-36)15-27-23-11-5-7-13-25(23)32(41)34(27)43/h1-17H,18H2/b26-14-,27-15-. The van der Waals surface area contributed by atoms with Crippen molar-refractivity contribution in [3.63, 3.8) is 0 Å². The van der Waals surface area contributed by atoms with E-state index in [0.717, 1.165) is 34.1 Å². The van der Waals surface area contributed by atoms with E-state index in [1.807, 2.05) is 42.5 Å². The van der Waals surface area contributed by atoms with Crippen LogP contribution in [0.25, 0.3) is 53.1 Å². The molecule has 0 saturated heterocycles. The predicted octanol–water partition coefficient (Wildman–Crippen LogP) is 8.93. The van der Waals surface area contributed by atoms with Crippen LogP contribution >= 0.6 is 34.0 Å². The number of rotatable bonds is 4. The first-order valence-corrected chi connectivity index (χ1v) is 17.3. The molecule has 9 rings (SSSR count). The van der Waals surface area contributed by atoms with Gasteiger partial charge in [-0.15, -0.1) is 34.0 Å². The molecule has 3 aromatic carbocycles. The number of ether oxygens (including phenoxy) is 1. The topological polar surface area (TPSA) is 99.5 Å². The van der Waals surface area contributed by atoms with Crippen LogP contribution in [0.1, 0.15) is 47.2 Å². The highest BCUT2D eigenvalue weighted by Gasteiger charge is 2.34. The van der Waals surface area contributed by atoms with Gasteiger partial charge in [0, 0.05) is 36.7 Å². The van der Waals surface area contributed by atoms with Gasteiger partial charge in [-0.05, 0) is 41.0 Å². The third-order valence-corrected chi connectivity index (χ3v) is 12.1. The molecule has 0 fully saturated rings. The highest BCUT2D eigenvalue weighted by Crippen LogP contribution is 2.48. The molecule has 4 aromatic heterocycles. The largest absolute Gasteiger partial charge is 0.444 e. The highest BCUT2D eigenvalue weighted by molar-refractivity contribution is 7.36. The van der Waals surface area contributed by atoms with E-state index in [4.69, 9.17) is 4.74 Å². The van der Waals surface area contributed by atoms with E-state index in [0.29, 0.717) is 44.4 Å². The van der Waals surface area contributed by atoms with Crippen LogP contribution < -0.4 is 0 Å². The van der Waals surface area contributed by atoms with Gasteiger partial charge in [0.1, 0.15) is 6.61 Å². The van der Waals surface area contributed by atoms with Crippen molar-refractivity contribution in [2.75, 3.05) is 0 Å². The van der Waals surface area contributed by atoms with Crippen molar-refractivity contribution in [3.8, 4) is 0 Å². The first-order valence-electron chi connectivity index (χ1n) is 14.9. The summed E-state index contributed by atoms with van der Waals surface area (Å²) < 4.78 is 10.9. The number of hydrogen-bond donors (Lipinski definition) is 0. The molecule has 0 N–H and O–H groups in total. The maximum Gasteiger partial charge on any atom is 0.419 e. The van der Waals surface area contributed by atoms with Crippen LogP contribution in [-0.4, -0.2) is 33.8 Å². The van der Waals surface area contributed by atoms with Gasteiger partial charge in [-0.2, -0.15) is 0 Å². The van der Waals surface area contributed by atoms with Crippen LogP contribution in [0.5, 0.6) is 0 Å². The van der Waals surface area contributed by atoms with Crippen molar-refractivity contribution in [1.82, 2.24) is 4.57 Å². The van der Waals surface area contributed by atoms with Crippen LogP contribution in [0.2, 0.25) is 0 Å². The van der Waals surface area contributed by atoms with E-state index in [9.17, 15) is 24.0 Å². The number of nitrogens with zero attached hydrogens (tertiary/aromatic N) is 1. The van der Waals surface area contributed by atoms with E-state index in [1.165, 1.54) is 34.0 Å². The lowest BCUT2D eigenvalue weighted by molar-refractivity contribution is -0.110. The molecule has 48 heavy (non-hydrogen) atoms. The molecule has 7 aromatic rings. The minimum Gasteiger partial charge on any atom is -0.444 e. The van der Waals surface area contributed by atoms with E-state index < -0.39 is 29.2 Å². The molecule has 0 aliphatic heterocycles. The fourth-order valence-electron chi connectivity index (χ4n) is 6.35. The fourth-order valence-corrected chi connectivity index (χ4v) is 10.1. The minimum absolute atomic E-state index is 0.0832. The second-order valence-electron chi connectivity index (χ2n) is 11.4. The number of Topliss-reactive ketones (excluding diaryl/α,β-unsaturated/α-hetero) is 4. The predicted molar refractivity (Wildman–Crippen MR) is 190 cm³/mol. The second-order valence-corrected chi connectivity index (χ2v) is 14.6. The van der Waals surface area contributed by atoms with Crippen LogP contribution in [0.15, 0.2) is 91.0 Å². The van der Waals surface area contributed by atoms with Gasteiger partial charge in [0.2, 0.25) is 23.1 Å². The number of allylic oxidation sites excluding steroid dienone is 2. The number of carbonyl (C=O) groups excluding carboxylic acids is 5. The Hall–Kier alpha value is -5.55. The van der Waals surface area contributed by atoms with E-state index >= 15 is 0 Å². The van der Waals surface area contributed by atoms with Gasteiger partial charge in [0.05, 0.1) is 25.1 Å². The molecule has 0 unspecified atom stereocenters. The summed E-state index contributed by atoms with van der Waals surface area (Å²) in [5.41, 5.74) is 4.90. The first kappa shape index (κ1) is 28.7. The molecule has 230 valence electrons. The molecule has 7 nitrogen and oxygen atoms in total. The van der Waals surface area contributed by atoms with E-state index in [2.05, 4.69) is 0 Å². The fraction of sp³-hybridized carbons (Fsp3) is 0.0263. The summed E-state index contributed by atoms with van der Waals surface area (Å²) in [4.78, 5) is 66.5. The first-order chi connectivity index (χ1) is 23.4. The molecule has 0 bridgehead atoms. The number of aromatic nitrogens is 1.